The Balaban J connectivity index is 1.58. The molecule has 0 aliphatic carbocycles. The highest BCUT2D eigenvalue weighted by Gasteiger charge is 2.39. The summed E-state index contributed by atoms with van der Waals surface area (Å²) in [6.07, 6.45) is -9.06. The van der Waals surface area contributed by atoms with Crippen molar-refractivity contribution in [3.05, 3.63) is 71.3 Å². The maximum Gasteiger partial charge on any atom is 0.410 e. The number of carbonyl (C=O) groups excluding carboxylic acids is 2. The van der Waals surface area contributed by atoms with Crippen LogP contribution in [0.5, 0.6) is 0 Å². The highest BCUT2D eigenvalue weighted by atomic mass is 19.4. The Morgan fingerprint density at radius 2 is 1.76 bits per heavy atom. The summed E-state index contributed by atoms with van der Waals surface area (Å²) in [6.45, 7) is 0.340. The normalized spacial score (nSPS) is 14.9. The zero-order chi connectivity index (χ0) is 24.6. The lowest BCUT2D eigenvalue weighted by Crippen LogP contribution is -2.48. The number of nitriles is 1. The number of hydrogen-bond acceptors (Lipinski definition) is 5. The van der Waals surface area contributed by atoms with E-state index in [2.05, 4.69) is 5.32 Å². The van der Waals surface area contributed by atoms with Gasteiger partial charge in [-0.05, 0) is 23.1 Å². The third-order valence-corrected chi connectivity index (χ3v) is 5.21. The van der Waals surface area contributed by atoms with Gasteiger partial charge in [-0.1, -0.05) is 54.6 Å². The zero-order valence-electron chi connectivity index (χ0n) is 18.3. The van der Waals surface area contributed by atoms with Crippen molar-refractivity contribution < 1.29 is 32.2 Å². The van der Waals surface area contributed by atoms with Crippen LogP contribution in [-0.4, -0.2) is 48.4 Å². The van der Waals surface area contributed by atoms with E-state index in [0.717, 1.165) is 16.7 Å². The van der Waals surface area contributed by atoms with Gasteiger partial charge in [-0.2, -0.15) is 18.4 Å². The third-order valence-electron chi connectivity index (χ3n) is 5.21. The maximum atomic E-state index is 13.1. The molecule has 34 heavy (non-hydrogen) atoms. The zero-order valence-corrected chi connectivity index (χ0v) is 18.3. The molecule has 3 rings (SSSR count). The van der Waals surface area contributed by atoms with Crippen LogP contribution in [-0.2, 0) is 33.8 Å². The Kier molecular flexibility index (Phi) is 8.49. The molecule has 1 heterocycles. The van der Waals surface area contributed by atoms with Crippen molar-refractivity contribution >= 4 is 12.0 Å². The van der Waals surface area contributed by atoms with Crippen molar-refractivity contribution in [2.24, 2.45) is 0 Å². The standard InChI is InChI=1S/C24H24F3N3O4/c25-24(26,27)12-21(34-23(32)30-11-10-18-8-4-5-9-19(18)14-30)22(31)29-20(13-28)16-33-15-17-6-2-1-3-7-17/h1-9,20-21H,10-12,14-16H2,(H,29,31)/t20-,21+/m1/s1. The van der Waals surface area contributed by atoms with Gasteiger partial charge in [0, 0.05) is 13.1 Å². The Morgan fingerprint density at radius 3 is 2.44 bits per heavy atom. The Morgan fingerprint density at radius 1 is 1.09 bits per heavy atom. The van der Waals surface area contributed by atoms with Gasteiger partial charge in [0.05, 0.1) is 25.7 Å². The molecule has 0 fully saturated rings. The number of rotatable bonds is 8. The summed E-state index contributed by atoms with van der Waals surface area (Å²) in [5, 5.41) is 11.5. The van der Waals surface area contributed by atoms with Crippen molar-refractivity contribution in [2.45, 2.75) is 44.3 Å². The van der Waals surface area contributed by atoms with Gasteiger partial charge in [-0.3, -0.25) is 4.79 Å². The van der Waals surface area contributed by atoms with Crippen molar-refractivity contribution in [1.29, 1.82) is 5.26 Å². The molecule has 180 valence electrons. The molecule has 10 heteroatoms. The van der Waals surface area contributed by atoms with Gasteiger partial charge in [0.15, 0.2) is 6.10 Å². The first-order valence-corrected chi connectivity index (χ1v) is 10.7. The average molecular weight is 475 g/mol. The van der Waals surface area contributed by atoms with Crippen molar-refractivity contribution in [3.63, 3.8) is 0 Å². The smallest absolute Gasteiger partial charge is 0.410 e. The molecular formula is C24H24F3N3O4. The minimum Gasteiger partial charge on any atom is -0.436 e. The molecule has 0 saturated heterocycles. The van der Waals surface area contributed by atoms with E-state index in [0.29, 0.717) is 6.42 Å². The van der Waals surface area contributed by atoms with E-state index in [9.17, 15) is 28.0 Å². The molecule has 2 amide bonds. The lowest BCUT2D eigenvalue weighted by Gasteiger charge is -2.30. The monoisotopic (exact) mass is 475 g/mol. The third kappa shape index (κ3) is 7.49. The molecule has 1 aliphatic rings. The molecule has 1 aliphatic heterocycles. The summed E-state index contributed by atoms with van der Waals surface area (Å²) in [7, 11) is 0. The summed E-state index contributed by atoms with van der Waals surface area (Å²) in [6, 6.07) is 17.0. The number of halogens is 3. The first kappa shape index (κ1) is 25.1. The van der Waals surface area contributed by atoms with Crippen LogP contribution in [0.3, 0.4) is 0 Å². The number of amides is 2. The highest BCUT2D eigenvalue weighted by Crippen LogP contribution is 2.25. The predicted octanol–water partition coefficient (Wildman–Crippen LogP) is 3.73. The summed E-state index contributed by atoms with van der Waals surface area (Å²) < 4.78 is 49.6. The minimum absolute atomic E-state index is 0.159. The fraction of sp³-hybridized carbons (Fsp3) is 0.375. The molecule has 0 bridgehead atoms. The number of carbonyl (C=O) groups is 2. The summed E-state index contributed by atoms with van der Waals surface area (Å²) in [4.78, 5) is 26.3. The molecule has 7 nitrogen and oxygen atoms in total. The van der Waals surface area contributed by atoms with Crippen LogP contribution < -0.4 is 5.32 Å². The second-order valence-electron chi connectivity index (χ2n) is 7.82. The first-order valence-electron chi connectivity index (χ1n) is 10.7. The second kappa shape index (κ2) is 11.5. The van der Waals surface area contributed by atoms with E-state index in [4.69, 9.17) is 9.47 Å². The van der Waals surface area contributed by atoms with Crippen LogP contribution in [0.15, 0.2) is 54.6 Å². The molecule has 0 aromatic heterocycles. The largest absolute Gasteiger partial charge is 0.436 e. The second-order valence-corrected chi connectivity index (χ2v) is 7.82. The van der Waals surface area contributed by atoms with Crippen LogP contribution in [0.1, 0.15) is 23.1 Å². The van der Waals surface area contributed by atoms with E-state index in [1.165, 1.54) is 4.90 Å². The average Bonchev–Trinajstić information content (AvgIpc) is 2.82. The van der Waals surface area contributed by atoms with Gasteiger partial charge >= 0.3 is 12.3 Å². The van der Waals surface area contributed by atoms with Crippen molar-refractivity contribution in [3.8, 4) is 6.07 Å². The lowest BCUT2D eigenvalue weighted by atomic mass is 10.0. The van der Waals surface area contributed by atoms with Gasteiger partial charge in [-0.25, -0.2) is 4.79 Å². The van der Waals surface area contributed by atoms with Crippen LogP contribution in [0.4, 0.5) is 18.0 Å². The van der Waals surface area contributed by atoms with E-state index in [1.807, 2.05) is 24.3 Å². The Hall–Kier alpha value is -3.58. The highest BCUT2D eigenvalue weighted by molar-refractivity contribution is 5.84. The van der Waals surface area contributed by atoms with E-state index in [1.54, 1.807) is 36.4 Å². The first-order chi connectivity index (χ1) is 16.2. The summed E-state index contributed by atoms with van der Waals surface area (Å²) >= 11 is 0. The van der Waals surface area contributed by atoms with Crippen LogP contribution in [0.25, 0.3) is 0 Å². The maximum absolute atomic E-state index is 13.1. The lowest BCUT2D eigenvalue weighted by molar-refractivity contribution is -0.164. The summed E-state index contributed by atoms with van der Waals surface area (Å²) in [5.41, 5.74) is 2.74. The quantitative estimate of drug-likeness (QED) is 0.628. The number of hydrogen-bond donors (Lipinski definition) is 1. The van der Waals surface area contributed by atoms with E-state index < -0.39 is 36.7 Å². The van der Waals surface area contributed by atoms with Crippen LogP contribution in [0.2, 0.25) is 0 Å². The fourth-order valence-electron chi connectivity index (χ4n) is 3.49. The number of benzene rings is 2. The number of alkyl halides is 3. The van der Waals surface area contributed by atoms with Crippen LogP contribution >= 0.6 is 0 Å². The summed E-state index contributed by atoms with van der Waals surface area (Å²) in [5.74, 6) is -1.21. The molecule has 2 atom stereocenters. The van der Waals surface area contributed by atoms with Gasteiger partial charge in [0.1, 0.15) is 6.04 Å². The molecular weight excluding hydrogens is 451 g/mol. The van der Waals surface area contributed by atoms with E-state index >= 15 is 0 Å². The molecule has 0 saturated carbocycles. The molecule has 0 radical (unpaired) electrons. The van der Waals surface area contributed by atoms with Gasteiger partial charge < -0.3 is 19.7 Å². The molecule has 2 aromatic carbocycles. The Labute approximate surface area is 195 Å². The van der Waals surface area contributed by atoms with Gasteiger partial charge in [-0.15, -0.1) is 0 Å². The predicted molar refractivity (Wildman–Crippen MR) is 115 cm³/mol. The topological polar surface area (TPSA) is 91.7 Å². The van der Waals surface area contributed by atoms with Crippen molar-refractivity contribution in [2.75, 3.05) is 13.2 Å². The number of nitrogens with one attached hydrogen (secondary N) is 1. The number of ether oxygens (including phenoxy) is 2. The number of fused-ring (bicyclic) bond motifs is 1. The SMILES string of the molecule is N#C[C@H](COCc1ccccc1)NC(=O)[C@H](CC(F)(F)F)OC(=O)N1CCc2ccccc2C1. The fourth-order valence-corrected chi connectivity index (χ4v) is 3.49. The number of nitrogens with zero attached hydrogens (tertiary/aromatic N) is 2. The molecule has 1 N–H and O–H groups in total. The molecule has 2 aromatic rings. The van der Waals surface area contributed by atoms with Crippen LogP contribution in [0, 0.1) is 11.3 Å². The molecule has 0 spiro atoms. The minimum atomic E-state index is -4.76. The Bertz CT molecular complexity index is 1020. The van der Waals surface area contributed by atoms with Gasteiger partial charge in [0.25, 0.3) is 5.91 Å². The van der Waals surface area contributed by atoms with Crippen molar-refractivity contribution in [1.82, 2.24) is 10.2 Å². The molecule has 0 unspecified atom stereocenters. The van der Waals surface area contributed by atoms with E-state index in [-0.39, 0.29) is 26.3 Å². The van der Waals surface area contributed by atoms with Gasteiger partial charge in [0.2, 0.25) is 0 Å².